The van der Waals surface area contributed by atoms with Gasteiger partial charge in [-0.05, 0) is 58.8 Å². The zero-order valence-electron chi connectivity index (χ0n) is 13.1. The average Bonchev–Trinajstić information content (AvgIpc) is 2.61. The first-order valence-electron chi connectivity index (χ1n) is 7.36. The molecule has 3 aromatic carbocycles. The fourth-order valence-corrected chi connectivity index (χ4v) is 2.29. The van der Waals surface area contributed by atoms with Crippen molar-refractivity contribution in [1.29, 1.82) is 0 Å². The number of hydrogen-bond donors (Lipinski definition) is 2. The van der Waals surface area contributed by atoms with Crippen LogP contribution in [-0.4, -0.2) is 24.3 Å². The molecule has 0 aliphatic heterocycles. The Labute approximate surface area is 139 Å². The number of benzene rings is 3. The van der Waals surface area contributed by atoms with Crippen molar-refractivity contribution in [1.82, 2.24) is 5.43 Å². The summed E-state index contributed by atoms with van der Waals surface area (Å²) >= 11 is 0. The number of phenolic OH excluding ortho intramolecular Hbond substituents is 1. The topological polar surface area (TPSA) is 70.9 Å². The number of nitrogens with one attached hydrogen (secondary N) is 1. The first-order chi connectivity index (χ1) is 11.7. The number of carbonyl (C=O) groups excluding carboxylic acids is 1. The summed E-state index contributed by atoms with van der Waals surface area (Å²) in [5.41, 5.74) is 3.76. The molecule has 0 aromatic heterocycles. The van der Waals surface area contributed by atoms with Crippen LogP contribution in [0.2, 0.25) is 0 Å². The minimum absolute atomic E-state index is 0.114. The lowest BCUT2D eigenvalue weighted by molar-refractivity contribution is 0.0955. The summed E-state index contributed by atoms with van der Waals surface area (Å²) in [4.78, 5) is 11.9. The van der Waals surface area contributed by atoms with Gasteiger partial charge in [-0.2, -0.15) is 5.10 Å². The molecule has 0 radical (unpaired) electrons. The van der Waals surface area contributed by atoms with E-state index in [4.69, 9.17) is 4.74 Å². The molecule has 5 heteroatoms. The van der Waals surface area contributed by atoms with E-state index in [2.05, 4.69) is 10.5 Å². The summed E-state index contributed by atoms with van der Waals surface area (Å²) in [6, 6.07) is 17.7. The summed E-state index contributed by atoms with van der Waals surface area (Å²) in [6.07, 6.45) is 1.59. The van der Waals surface area contributed by atoms with Gasteiger partial charge in [-0.15, -0.1) is 0 Å². The summed E-state index contributed by atoms with van der Waals surface area (Å²) in [7, 11) is 1.64. The van der Waals surface area contributed by atoms with Crippen LogP contribution in [0.15, 0.2) is 65.8 Å². The number of hydrogen-bond acceptors (Lipinski definition) is 4. The Balaban J connectivity index is 1.71. The van der Waals surface area contributed by atoms with Gasteiger partial charge in [0.2, 0.25) is 0 Å². The SMILES string of the molecule is COc1ccc2cc(/C=N\NC(=O)c3ccc(O)cc3)ccc2c1. The van der Waals surface area contributed by atoms with Gasteiger partial charge >= 0.3 is 0 Å². The van der Waals surface area contributed by atoms with Gasteiger partial charge in [0.05, 0.1) is 13.3 Å². The third-order valence-electron chi connectivity index (χ3n) is 3.58. The van der Waals surface area contributed by atoms with Gasteiger partial charge in [-0.1, -0.05) is 18.2 Å². The number of aromatic hydroxyl groups is 1. The molecule has 0 bridgehead atoms. The number of rotatable bonds is 4. The molecule has 0 saturated carbocycles. The Morgan fingerprint density at radius 3 is 2.50 bits per heavy atom. The van der Waals surface area contributed by atoms with E-state index in [0.29, 0.717) is 5.56 Å². The van der Waals surface area contributed by atoms with E-state index >= 15 is 0 Å². The lowest BCUT2D eigenvalue weighted by Gasteiger charge is -2.03. The number of hydrazone groups is 1. The summed E-state index contributed by atoms with van der Waals surface area (Å²) in [5, 5.41) is 15.3. The maximum absolute atomic E-state index is 11.9. The van der Waals surface area contributed by atoms with E-state index in [9.17, 15) is 9.90 Å². The van der Waals surface area contributed by atoms with Crippen LogP contribution in [0, 0.1) is 0 Å². The predicted octanol–water partition coefficient (Wildman–Crippen LogP) is 3.32. The summed E-state index contributed by atoms with van der Waals surface area (Å²) in [5.74, 6) is 0.588. The molecule has 0 atom stereocenters. The lowest BCUT2D eigenvalue weighted by Crippen LogP contribution is -2.17. The molecule has 0 fully saturated rings. The highest BCUT2D eigenvalue weighted by Gasteiger charge is 2.03. The third kappa shape index (κ3) is 3.52. The fraction of sp³-hybridized carbons (Fsp3) is 0.0526. The molecule has 5 nitrogen and oxygen atoms in total. The Morgan fingerprint density at radius 1 is 1.04 bits per heavy atom. The molecule has 1 amide bonds. The molecule has 24 heavy (non-hydrogen) atoms. The van der Waals surface area contributed by atoms with Gasteiger partial charge in [0.15, 0.2) is 0 Å². The smallest absolute Gasteiger partial charge is 0.271 e. The van der Waals surface area contributed by atoms with Crippen LogP contribution in [0.25, 0.3) is 10.8 Å². The predicted molar refractivity (Wildman–Crippen MR) is 93.7 cm³/mol. The van der Waals surface area contributed by atoms with Gasteiger partial charge in [0, 0.05) is 5.56 Å². The molecule has 3 aromatic rings. The molecule has 0 unspecified atom stereocenters. The second-order valence-corrected chi connectivity index (χ2v) is 5.22. The van der Waals surface area contributed by atoms with E-state index in [0.717, 1.165) is 22.1 Å². The van der Waals surface area contributed by atoms with Crippen molar-refractivity contribution in [2.45, 2.75) is 0 Å². The van der Waals surface area contributed by atoms with Crippen LogP contribution in [0.5, 0.6) is 11.5 Å². The Bertz CT molecular complexity index is 902. The molecular weight excluding hydrogens is 304 g/mol. The first kappa shape index (κ1) is 15.6. The minimum Gasteiger partial charge on any atom is -0.508 e. The zero-order chi connectivity index (χ0) is 16.9. The number of amides is 1. The van der Waals surface area contributed by atoms with Gasteiger partial charge in [0.25, 0.3) is 5.91 Å². The van der Waals surface area contributed by atoms with E-state index in [-0.39, 0.29) is 11.7 Å². The Hall–Kier alpha value is -3.34. The second kappa shape index (κ2) is 6.83. The van der Waals surface area contributed by atoms with Gasteiger partial charge in [-0.25, -0.2) is 5.43 Å². The van der Waals surface area contributed by atoms with Gasteiger partial charge < -0.3 is 9.84 Å². The number of nitrogens with zero attached hydrogens (tertiary/aromatic N) is 1. The molecule has 3 rings (SSSR count). The van der Waals surface area contributed by atoms with E-state index < -0.39 is 0 Å². The lowest BCUT2D eigenvalue weighted by atomic mass is 10.1. The minimum atomic E-state index is -0.336. The number of ether oxygens (including phenoxy) is 1. The van der Waals surface area contributed by atoms with E-state index in [1.54, 1.807) is 13.3 Å². The van der Waals surface area contributed by atoms with Crippen molar-refractivity contribution in [2.24, 2.45) is 5.10 Å². The van der Waals surface area contributed by atoms with E-state index in [1.165, 1.54) is 24.3 Å². The van der Waals surface area contributed by atoms with Crippen LogP contribution >= 0.6 is 0 Å². The highest BCUT2D eigenvalue weighted by atomic mass is 16.5. The van der Waals surface area contributed by atoms with Crippen molar-refractivity contribution in [3.05, 3.63) is 71.8 Å². The largest absolute Gasteiger partial charge is 0.508 e. The van der Waals surface area contributed by atoms with E-state index in [1.807, 2.05) is 36.4 Å². The maximum Gasteiger partial charge on any atom is 0.271 e. The molecule has 0 spiro atoms. The maximum atomic E-state index is 11.9. The molecule has 0 saturated heterocycles. The van der Waals surface area contributed by atoms with Crippen LogP contribution < -0.4 is 10.2 Å². The molecule has 2 N–H and O–H groups in total. The van der Waals surface area contributed by atoms with Gasteiger partial charge in [0.1, 0.15) is 11.5 Å². The first-order valence-corrected chi connectivity index (χ1v) is 7.36. The van der Waals surface area contributed by atoms with Crippen molar-refractivity contribution in [3.63, 3.8) is 0 Å². The summed E-state index contributed by atoms with van der Waals surface area (Å²) < 4.78 is 5.20. The third-order valence-corrected chi connectivity index (χ3v) is 3.58. The van der Waals surface area contributed by atoms with Crippen molar-refractivity contribution in [2.75, 3.05) is 7.11 Å². The number of methoxy groups -OCH3 is 1. The van der Waals surface area contributed by atoms with Crippen LogP contribution in [-0.2, 0) is 0 Å². The average molecular weight is 320 g/mol. The standard InChI is InChI=1S/C19H16N2O3/c1-24-18-9-6-15-10-13(2-3-16(15)11-18)12-20-21-19(23)14-4-7-17(22)8-5-14/h2-12,22H,1H3,(H,21,23)/b20-12-. The Kier molecular flexibility index (Phi) is 4.43. The van der Waals surface area contributed by atoms with Crippen LogP contribution in [0.3, 0.4) is 0 Å². The summed E-state index contributed by atoms with van der Waals surface area (Å²) in [6.45, 7) is 0. The number of fused-ring (bicyclic) bond motifs is 1. The molecule has 0 aliphatic rings. The Morgan fingerprint density at radius 2 is 1.75 bits per heavy atom. The number of carbonyl (C=O) groups is 1. The highest BCUT2D eigenvalue weighted by molar-refractivity contribution is 5.95. The van der Waals surface area contributed by atoms with Gasteiger partial charge in [-0.3, -0.25) is 4.79 Å². The fourth-order valence-electron chi connectivity index (χ4n) is 2.29. The van der Waals surface area contributed by atoms with Crippen LogP contribution in [0.4, 0.5) is 0 Å². The molecule has 0 heterocycles. The molecule has 0 aliphatic carbocycles. The van der Waals surface area contributed by atoms with Crippen molar-refractivity contribution in [3.8, 4) is 11.5 Å². The number of phenols is 1. The molecule has 120 valence electrons. The van der Waals surface area contributed by atoms with Crippen molar-refractivity contribution >= 4 is 22.9 Å². The van der Waals surface area contributed by atoms with Crippen LogP contribution in [0.1, 0.15) is 15.9 Å². The monoisotopic (exact) mass is 320 g/mol. The normalized spacial score (nSPS) is 10.9. The molecular formula is C19H16N2O3. The zero-order valence-corrected chi connectivity index (χ0v) is 13.1. The van der Waals surface area contributed by atoms with Crippen molar-refractivity contribution < 1.29 is 14.6 Å². The quantitative estimate of drug-likeness (QED) is 0.572. The highest BCUT2D eigenvalue weighted by Crippen LogP contribution is 2.21. The second-order valence-electron chi connectivity index (χ2n) is 5.22.